The molecule has 45 heavy (non-hydrogen) atoms. The van der Waals surface area contributed by atoms with Crippen LogP contribution in [-0.4, -0.2) is 53.8 Å². The van der Waals surface area contributed by atoms with Crippen LogP contribution >= 0.6 is 39.1 Å². The number of carbonyl (C=O) groups is 2. The van der Waals surface area contributed by atoms with Crippen LogP contribution in [0.15, 0.2) is 76.2 Å². The van der Waals surface area contributed by atoms with Crippen LogP contribution in [0.5, 0.6) is 5.75 Å². The van der Waals surface area contributed by atoms with E-state index in [0.29, 0.717) is 52.9 Å². The topological polar surface area (TPSA) is 106 Å². The number of hydrogen-bond donors (Lipinski definition) is 2. The Balaban J connectivity index is 1.70. The van der Waals surface area contributed by atoms with E-state index < -0.39 is 29.1 Å². The Kier molecular flexibility index (Phi) is 11.9. The van der Waals surface area contributed by atoms with Crippen LogP contribution in [0.25, 0.3) is 0 Å². The van der Waals surface area contributed by atoms with Crippen molar-refractivity contribution < 1.29 is 28.9 Å². The maximum atomic E-state index is 14.3. The molecule has 3 aromatic rings. The van der Waals surface area contributed by atoms with E-state index in [1.807, 2.05) is 24.3 Å². The fraction of sp³-hybridized carbons (Fsp3) is 0.382. The first-order chi connectivity index (χ1) is 21.4. The Morgan fingerprint density at radius 1 is 1.07 bits per heavy atom. The summed E-state index contributed by atoms with van der Waals surface area (Å²) in [7, 11) is 0. The summed E-state index contributed by atoms with van der Waals surface area (Å²) >= 11 is 16.4. The first-order valence-corrected chi connectivity index (χ1v) is 16.3. The van der Waals surface area contributed by atoms with Gasteiger partial charge in [-0.25, -0.2) is 4.99 Å². The van der Waals surface area contributed by atoms with Gasteiger partial charge in [-0.2, -0.15) is 0 Å². The highest BCUT2D eigenvalue weighted by Crippen LogP contribution is 2.45. The van der Waals surface area contributed by atoms with Gasteiger partial charge < -0.3 is 24.6 Å². The SMILES string of the molecule is CC(C)(C)OC(=O)CC[C@@]1(C(=O)NCCc2ccc(Br)cc2)N=C(c2ccc(OCCCO)cc2)O[C@@H]1c1ccc(Cl)cc1Cl. The second kappa shape index (κ2) is 15.5. The maximum Gasteiger partial charge on any atom is 0.306 e. The second-order valence-electron chi connectivity index (χ2n) is 11.7. The van der Waals surface area contributed by atoms with Crippen LogP contribution in [-0.2, 0) is 25.5 Å². The Bertz CT molecular complexity index is 1510. The third-order valence-corrected chi connectivity index (χ3v) is 8.11. The van der Waals surface area contributed by atoms with Crippen molar-refractivity contribution in [1.29, 1.82) is 0 Å². The van der Waals surface area contributed by atoms with Crippen molar-refractivity contribution in [3.8, 4) is 5.75 Å². The quantitative estimate of drug-likeness (QED) is 0.142. The predicted octanol–water partition coefficient (Wildman–Crippen LogP) is 7.25. The standard InChI is InChI=1S/C34H37BrCl2N2O6/c1-33(2,3)45-29(41)15-17-34(32(42)38-18-16-22-5-9-24(35)10-6-22)30(27-14-11-25(36)21-28(27)37)44-31(39-34)23-7-12-26(13-8-23)43-20-4-19-40/h5-14,21,30,40H,4,15-20H2,1-3H3,(H,38,42)/t30-,34-/m1/s1. The summed E-state index contributed by atoms with van der Waals surface area (Å²) in [5.74, 6) is -0.0261. The molecule has 8 nitrogen and oxygen atoms in total. The van der Waals surface area contributed by atoms with Gasteiger partial charge in [-0.1, -0.05) is 57.3 Å². The van der Waals surface area contributed by atoms with Crippen LogP contribution in [0.3, 0.4) is 0 Å². The molecule has 0 saturated heterocycles. The lowest BCUT2D eigenvalue weighted by Gasteiger charge is -2.31. The van der Waals surface area contributed by atoms with Crippen LogP contribution in [0.2, 0.25) is 10.0 Å². The Labute approximate surface area is 282 Å². The lowest BCUT2D eigenvalue weighted by molar-refractivity contribution is -0.155. The van der Waals surface area contributed by atoms with Gasteiger partial charge >= 0.3 is 5.97 Å². The van der Waals surface area contributed by atoms with Crippen molar-refractivity contribution in [2.75, 3.05) is 19.8 Å². The molecule has 0 aliphatic carbocycles. The maximum absolute atomic E-state index is 14.3. The van der Waals surface area contributed by atoms with Gasteiger partial charge in [0.15, 0.2) is 11.6 Å². The summed E-state index contributed by atoms with van der Waals surface area (Å²) in [6.45, 7) is 6.11. The van der Waals surface area contributed by atoms with E-state index in [9.17, 15) is 9.59 Å². The number of rotatable bonds is 13. The van der Waals surface area contributed by atoms with Crippen molar-refractivity contribution in [3.63, 3.8) is 0 Å². The highest BCUT2D eigenvalue weighted by Gasteiger charge is 2.54. The zero-order valence-electron chi connectivity index (χ0n) is 25.4. The molecule has 11 heteroatoms. The zero-order chi connectivity index (χ0) is 32.6. The number of nitrogens with one attached hydrogen (secondary N) is 1. The summed E-state index contributed by atoms with van der Waals surface area (Å²) in [6.07, 6.45) is 0.0483. The molecule has 240 valence electrons. The Morgan fingerprint density at radius 3 is 2.42 bits per heavy atom. The van der Waals surface area contributed by atoms with Gasteiger partial charge in [0.1, 0.15) is 11.4 Å². The number of hydrogen-bond acceptors (Lipinski definition) is 7. The minimum Gasteiger partial charge on any atom is -0.494 e. The number of aliphatic hydroxyl groups excluding tert-OH is 1. The van der Waals surface area contributed by atoms with Crippen molar-refractivity contribution in [3.05, 3.63) is 97.9 Å². The fourth-order valence-corrected chi connectivity index (χ4v) is 5.64. The number of aliphatic imine (C=N–C) groups is 1. The van der Waals surface area contributed by atoms with Crippen LogP contribution in [0, 0.1) is 0 Å². The summed E-state index contributed by atoms with van der Waals surface area (Å²) in [5, 5.41) is 12.8. The molecule has 0 radical (unpaired) electrons. The highest BCUT2D eigenvalue weighted by molar-refractivity contribution is 9.10. The highest BCUT2D eigenvalue weighted by atomic mass is 79.9. The first kappa shape index (κ1) is 34.8. The van der Waals surface area contributed by atoms with E-state index in [1.54, 1.807) is 63.2 Å². The van der Waals surface area contributed by atoms with Crippen molar-refractivity contribution in [2.24, 2.45) is 4.99 Å². The monoisotopic (exact) mass is 718 g/mol. The average molecular weight is 720 g/mol. The lowest BCUT2D eigenvalue weighted by atomic mass is 9.83. The number of esters is 1. The molecular weight excluding hydrogens is 683 g/mol. The molecule has 0 bridgehead atoms. The second-order valence-corrected chi connectivity index (χ2v) is 13.4. The lowest BCUT2D eigenvalue weighted by Crippen LogP contribution is -2.49. The molecule has 2 N–H and O–H groups in total. The molecule has 4 rings (SSSR count). The van der Waals surface area contributed by atoms with Gasteiger partial charge in [0.2, 0.25) is 5.90 Å². The van der Waals surface area contributed by atoms with Gasteiger partial charge in [0.05, 0.1) is 6.61 Å². The van der Waals surface area contributed by atoms with Crippen LogP contribution < -0.4 is 10.1 Å². The predicted molar refractivity (Wildman–Crippen MR) is 179 cm³/mol. The van der Waals surface area contributed by atoms with Crippen molar-refractivity contribution in [1.82, 2.24) is 5.32 Å². The minimum absolute atomic E-state index is 0.00149. The molecule has 0 saturated carbocycles. The van der Waals surface area contributed by atoms with Crippen molar-refractivity contribution in [2.45, 2.75) is 63.7 Å². The summed E-state index contributed by atoms with van der Waals surface area (Å²) in [4.78, 5) is 32.1. The number of benzene rings is 3. The number of aliphatic hydroxyl groups is 1. The number of carbonyl (C=O) groups excluding carboxylic acids is 2. The van der Waals surface area contributed by atoms with E-state index in [1.165, 1.54) is 0 Å². The summed E-state index contributed by atoms with van der Waals surface area (Å²) in [5.41, 5.74) is -0.0820. The summed E-state index contributed by atoms with van der Waals surface area (Å²) < 4.78 is 18.7. The molecule has 0 unspecified atom stereocenters. The number of halogens is 3. The third-order valence-electron chi connectivity index (χ3n) is 7.02. The molecule has 3 aromatic carbocycles. The van der Waals surface area contributed by atoms with Gasteiger partial charge in [0, 0.05) is 51.6 Å². The van der Waals surface area contributed by atoms with Crippen LogP contribution in [0.4, 0.5) is 0 Å². The third kappa shape index (κ3) is 9.45. The normalized spacial score (nSPS) is 17.8. The van der Waals surface area contributed by atoms with Gasteiger partial charge in [-0.3, -0.25) is 9.59 Å². The first-order valence-electron chi connectivity index (χ1n) is 14.7. The number of ether oxygens (including phenoxy) is 3. The minimum atomic E-state index is -1.56. The average Bonchev–Trinajstić information content (AvgIpc) is 3.37. The van der Waals surface area contributed by atoms with Gasteiger partial charge in [0.25, 0.3) is 5.91 Å². The molecule has 0 fully saturated rings. The Morgan fingerprint density at radius 2 is 1.78 bits per heavy atom. The largest absolute Gasteiger partial charge is 0.494 e. The van der Waals surface area contributed by atoms with Crippen molar-refractivity contribution >= 4 is 56.9 Å². The van der Waals surface area contributed by atoms with Crippen LogP contribution in [0.1, 0.15) is 62.8 Å². The van der Waals surface area contributed by atoms with E-state index in [2.05, 4.69) is 21.2 Å². The van der Waals surface area contributed by atoms with E-state index in [4.69, 9.17) is 47.5 Å². The Hall–Kier alpha value is -3.11. The molecule has 1 heterocycles. The van der Waals surface area contributed by atoms with E-state index in [0.717, 1.165) is 10.0 Å². The zero-order valence-corrected chi connectivity index (χ0v) is 28.5. The molecule has 1 aliphatic rings. The summed E-state index contributed by atoms with van der Waals surface area (Å²) in [6, 6.07) is 19.9. The molecule has 2 atom stereocenters. The molecular formula is C34H37BrCl2N2O6. The molecule has 1 amide bonds. The van der Waals surface area contributed by atoms with E-state index in [-0.39, 0.29) is 25.3 Å². The molecule has 0 spiro atoms. The smallest absolute Gasteiger partial charge is 0.306 e. The van der Waals surface area contributed by atoms with Gasteiger partial charge in [-0.05, 0) is 87.7 Å². The van der Waals surface area contributed by atoms with E-state index >= 15 is 0 Å². The molecule has 1 aliphatic heterocycles. The number of amides is 1. The van der Waals surface area contributed by atoms with Gasteiger partial charge in [-0.15, -0.1) is 0 Å². The fourth-order valence-electron chi connectivity index (χ4n) is 4.87. The number of nitrogens with zero attached hydrogens (tertiary/aromatic N) is 1. The molecule has 0 aromatic heterocycles.